The average Bonchev–Trinajstić information content (AvgIpc) is 3.10. The Morgan fingerprint density at radius 1 is 0.784 bits per heavy atom. The predicted molar refractivity (Wildman–Crippen MR) is 197 cm³/mol. The lowest BCUT2D eigenvalue weighted by Crippen LogP contribution is -2.59. The number of aliphatic hydroxyl groups excluding tert-OH is 2. The van der Waals surface area contributed by atoms with Crippen LogP contribution < -0.4 is 16.4 Å². The second-order valence-electron chi connectivity index (χ2n) is 14.3. The summed E-state index contributed by atoms with van der Waals surface area (Å²) in [4.78, 5) is 51.6. The minimum absolute atomic E-state index is 0.133. The van der Waals surface area contributed by atoms with E-state index in [0.29, 0.717) is 12.8 Å². The molecule has 0 aliphatic rings. The smallest absolute Gasteiger partial charge is 0.331 e. The highest BCUT2D eigenvalue weighted by atomic mass is 16.6. The van der Waals surface area contributed by atoms with Gasteiger partial charge in [-0.25, -0.2) is 4.79 Å². The molecule has 7 N–H and O–H groups in total. The summed E-state index contributed by atoms with van der Waals surface area (Å²) in [5, 5.41) is 35.9. The third-order valence-electron chi connectivity index (χ3n) is 9.47. The fraction of sp³-hybridized carbons (Fsp3) is 0.744. The van der Waals surface area contributed by atoms with Crippen molar-refractivity contribution in [3.8, 4) is 0 Å². The SMILES string of the molecule is CCCCCCCCCCCCC[C@@H](OC(=O)[C@H](COCc1ccccc1)NC(=O)[C@@H](NC(=O)[C@@H](N)C(C)C)[C@@H](C)O)[C@H](C)[C@@H](O)[C@@H](C)C(=O)O. The molecule has 0 bridgehead atoms. The van der Waals surface area contributed by atoms with Crippen LogP contribution in [0.25, 0.3) is 0 Å². The summed E-state index contributed by atoms with van der Waals surface area (Å²) in [6.07, 6.45) is 9.31. The Morgan fingerprint density at radius 3 is 1.84 bits per heavy atom. The number of carbonyl (C=O) groups is 4. The molecule has 0 aliphatic carbocycles. The van der Waals surface area contributed by atoms with Gasteiger partial charge in [0.25, 0.3) is 0 Å². The molecule has 0 saturated heterocycles. The number of aliphatic hydroxyl groups is 2. The van der Waals surface area contributed by atoms with Crippen LogP contribution in [-0.4, -0.2) is 82.1 Å². The number of rotatable bonds is 28. The van der Waals surface area contributed by atoms with Crippen LogP contribution in [0.5, 0.6) is 0 Å². The number of hydrogen-bond acceptors (Lipinski definition) is 9. The molecule has 0 aliphatic heterocycles. The molecule has 0 unspecified atom stereocenters. The fourth-order valence-electron chi connectivity index (χ4n) is 5.75. The molecule has 0 saturated carbocycles. The molecule has 292 valence electrons. The Labute approximate surface area is 305 Å². The number of aliphatic carboxylic acids is 1. The summed E-state index contributed by atoms with van der Waals surface area (Å²) in [6, 6.07) is 5.54. The van der Waals surface area contributed by atoms with Gasteiger partial charge in [0, 0.05) is 5.92 Å². The van der Waals surface area contributed by atoms with Crippen molar-refractivity contribution in [3.05, 3.63) is 35.9 Å². The molecular formula is C39H67N3O9. The highest BCUT2D eigenvalue weighted by Crippen LogP contribution is 2.24. The van der Waals surface area contributed by atoms with E-state index in [2.05, 4.69) is 17.6 Å². The van der Waals surface area contributed by atoms with E-state index in [-0.39, 0.29) is 19.1 Å². The Kier molecular flexibility index (Phi) is 23.3. The molecule has 0 aromatic heterocycles. The number of hydrogen-bond donors (Lipinski definition) is 6. The van der Waals surface area contributed by atoms with Crippen molar-refractivity contribution < 1.29 is 44.0 Å². The van der Waals surface area contributed by atoms with Crippen LogP contribution in [0.15, 0.2) is 30.3 Å². The Hall–Kier alpha value is -3.06. The number of esters is 1. The largest absolute Gasteiger partial charge is 0.481 e. The van der Waals surface area contributed by atoms with Crippen molar-refractivity contribution in [1.82, 2.24) is 10.6 Å². The molecule has 0 radical (unpaired) electrons. The fourth-order valence-corrected chi connectivity index (χ4v) is 5.75. The van der Waals surface area contributed by atoms with Gasteiger partial charge in [-0.2, -0.15) is 0 Å². The molecular weight excluding hydrogens is 654 g/mol. The molecule has 12 nitrogen and oxygen atoms in total. The number of amides is 2. The first kappa shape index (κ1) is 46.0. The highest BCUT2D eigenvalue weighted by Gasteiger charge is 2.37. The molecule has 12 heteroatoms. The number of carboxylic acids is 1. The first-order chi connectivity index (χ1) is 24.2. The summed E-state index contributed by atoms with van der Waals surface area (Å²) in [5.41, 5.74) is 6.78. The van der Waals surface area contributed by atoms with E-state index in [1.807, 2.05) is 30.3 Å². The minimum atomic E-state index is -1.42. The lowest BCUT2D eigenvalue weighted by atomic mass is 9.87. The number of ether oxygens (including phenoxy) is 2. The zero-order chi connectivity index (χ0) is 38.3. The number of nitrogens with two attached hydrogens (primary N) is 1. The molecule has 0 spiro atoms. The number of carboxylic acid groups (broad SMARTS) is 1. The maximum atomic E-state index is 13.8. The quantitative estimate of drug-likeness (QED) is 0.0513. The number of carbonyl (C=O) groups excluding carboxylic acids is 3. The molecule has 0 fully saturated rings. The lowest BCUT2D eigenvalue weighted by molar-refractivity contribution is -0.162. The summed E-state index contributed by atoms with van der Waals surface area (Å²) in [5.74, 6) is -5.54. The van der Waals surface area contributed by atoms with Crippen LogP contribution >= 0.6 is 0 Å². The maximum Gasteiger partial charge on any atom is 0.331 e. The van der Waals surface area contributed by atoms with Crippen molar-refractivity contribution in [1.29, 1.82) is 0 Å². The van der Waals surface area contributed by atoms with Gasteiger partial charge in [0.15, 0.2) is 6.04 Å². The van der Waals surface area contributed by atoms with Crippen molar-refractivity contribution in [3.63, 3.8) is 0 Å². The second-order valence-corrected chi connectivity index (χ2v) is 14.3. The van der Waals surface area contributed by atoms with Crippen LogP contribution in [0.2, 0.25) is 0 Å². The predicted octanol–water partition coefficient (Wildman–Crippen LogP) is 4.87. The zero-order valence-electron chi connectivity index (χ0n) is 31.9. The average molecular weight is 722 g/mol. The van der Waals surface area contributed by atoms with Gasteiger partial charge in [0.2, 0.25) is 11.8 Å². The van der Waals surface area contributed by atoms with Gasteiger partial charge in [-0.1, -0.05) is 122 Å². The molecule has 2 amide bonds. The van der Waals surface area contributed by atoms with Gasteiger partial charge in [-0.05, 0) is 38.2 Å². The third-order valence-corrected chi connectivity index (χ3v) is 9.47. The van der Waals surface area contributed by atoms with Gasteiger partial charge in [-0.3, -0.25) is 14.4 Å². The first-order valence-corrected chi connectivity index (χ1v) is 19.0. The molecule has 1 aromatic carbocycles. The third kappa shape index (κ3) is 18.3. The van der Waals surface area contributed by atoms with E-state index in [9.17, 15) is 34.5 Å². The topological polar surface area (TPSA) is 198 Å². The highest BCUT2D eigenvalue weighted by molar-refractivity contribution is 5.92. The van der Waals surface area contributed by atoms with Gasteiger partial charge in [0.1, 0.15) is 12.1 Å². The van der Waals surface area contributed by atoms with Crippen molar-refractivity contribution in [2.24, 2.45) is 23.5 Å². The summed E-state index contributed by atoms with van der Waals surface area (Å²) >= 11 is 0. The van der Waals surface area contributed by atoms with E-state index in [4.69, 9.17) is 15.2 Å². The zero-order valence-corrected chi connectivity index (χ0v) is 31.9. The minimum Gasteiger partial charge on any atom is -0.481 e. The van der Waals surface area contributed by atoms with Gasteiger partial charge in [-0.15, -0.1) is 0 Å². The molecule has 1 rings (SSSR count). The van der Waals surface area contributed by atoms with Crippen LogP contribution in [0, 0.1) is 17.8 Å². The van der Waals surface area contributed by atoms with Crippen LogP contribution in [0.1, 0.15) is 124 Å². The van der Waals surface area contributed by atoms with Crippen molar-refractivity contribution in [2.75, 3.05) is 6.61 Å². The summed E-state index contributed by atoms with van der Waals surface area (Å²) < 4.78 is 11.8. The van der Waals surface area contributed by atoms with E-state index >= 15 is 0 Å². The van der Waals surface area contributed by atoms with Gasteiger partial charge < -0.3 is 41.2 Å². The number of nitrogens with one attached hydrogen (secondary N) is 2. The molecule has 0 heterocycles. The second kappa shape index (κ2) is 25.8. The van der Waals surface area contributed by atoms with Crippen molar-refractivity contribution in [2.45, 2.75) is 162 Å². The van der Waals surface area contributed by atoms with Crippen molar-refractivity contribution >= 4 is 23.8 Å². The van der Waals surface area contributed by atoms with E-state index in [1.54, 1.807) is 20.8 Å². The van der Waals surface area contributed by atoms with Gasteiger partial charge in [0.05, 0.1) is 37.4 Å². The standard InChI is InChI=1S/C39H67N3O9/c1-7-8-9-10-11-12-13-14-15-16-20-23-32(27(4)35(44)28(5)38(47)48)51-39(49)31(25-50-24-30-21-18-17-19-22-30)41-37(46)34(29(6)43)42-36(45)33(40)26(2)3/h17-19,21-22,26-29,31-35,43-44H,7-16,20,23-25,40H2,1-6H3,(H,41,46)(H,42,45)(H,47,48)/t27-,28+,29+,31-,32+,33-,34-,35+/m0/s1. The van der Waals surface area contributed by atoms with Crippen LogP contribution in [-0.2, 0) is 35.3 Å². The molecule has 8 atom stereocenters. The Balaban J connectivity index is 3.08. The van der Waals surface area contributed by atoms with Crippen LogP contribution in [0.4, 0.5) is 0 Å². The normalized spacial score (nSPS) is 16.3. The molecule has 1 aromatic rings. The molecule has 51 heavy (non-hydrogen) atoms. The lowest BCUT2D eigenvalue weighted by Gasteiger charge is -2.31. The monoisotopic (exact) mass is 721 g/mol. The number of unbranched alkanes of at least 4 members (excludes halogenated alkanes) is 10. The van der Waals surface area contributed by atoms with Crippen LogP contribution in [0.3, 0.4) is 0 Å². The van der Waals surface area contributed by atoms with E-state index in [1.165, 1.54) is 52.4 Å². The van der Waals surface area contributed by atoms with Gasteiger partial charge >= 0.3 is 11.9 Å². The summed E-state index contributed by atoms with van der Waals surface area (Å²) in [7, 11) is 0. The van der Waals surface area contributed by atoms with E-state index < -0.39 is 72.0 Å². The number of benzene rings is 1. The van der Waals surface area contributed by atoms with E-state index in [0.717, 1.165) is 31.2 Å². The Bertz CT molecular complexity index is 1130. The first-order valence-electron chi connectivity index (χ1n) is 19.0. The summed E-state index contributed by atoms with van der Waals surface area (Å²) in [6.45, 7) is 9.94. The Morgan fingerprint density at radius 2 is 1.33 bits per heavy atom. The maximum absolute atomic E-state index is 13.8.